The first kappa shape index (κ1) is 26.6. The lowest BCUT2D eigenvalue weighted by Crippen LogP contribution is -2.36. The normalized spacial score (nSPS) is 18.9. The van der Waals surface area contributed by atoms with Gasteiger partial charge < -0.3 is 19.9 Å². The number of allylic oxidation sites excluding steroid dienone is 3. The smallest absolute Gasteiger partial charge is 0.337 e. The summed E-state index contributed by atoms with van der Waals surface area (Å²) < 4.78 is 11.4. The zero-order chi connectivity index (χ0) is 27.5. The number of rotatable bonds is 7. The fourth-order valence-corrected chi connectivity index (χ4v) is 5.52. The minimum atomic E-state index is -0.664. The van der Waals surface area contributed by atoms with Crippen LogP contribution in [0.25, 0.3) is 0 Å². The number of aromatic hydroxyl groups is 1. The summed E-state index contributed by atoms with van der Waals surface area (Å²) in [6.07, 6.45) is 0.916. The number of hydrogen-bond donors (Lipinski definition) is 2. The molecule has 0 saturated carbocycles. The van der Waals surface area contributed by atoms with E-state index in [1.165, 1.54) is 6.07 Å². The van der Waals surface area contributed by atoms with E-state index in [4.69, 9.17) is 21.1 Å². The van der Waals surface area contributed by atoms with Crippen molar-refractivity contribution in [3.8, 4) is 11.5 Å². The monoisotopic (exact) mass is 543 g/mol. The zero-order valence-electron chi connectivity index (χ0n) is 21.9. The fraction of sp³-hybridized carbons (Fsp3) is 0.250. The fourth-order valence-electron chi connectivity index (χ4n) is 5.40. The van der Waals surface area contributed by atoms with E-state index in [2.05, 4.69) is 5.32 Å². The minimum Gasteiger partial charge on any atom is -0.504 e. The summed E-state index contributed by atoms with van der Waals surface area (Å²) >= 11 is 6.09. The highest BCUT2D eigenvalue weighted by atomic mass is 35.5. The van der Waals surface area contributed by atoms with Gasteiger partial charge >= 0.3 is 5.97 Å². The van der Waals surface area contributed by atoms with Crippen LogP contribution in [0.2, 0.25) is 5.02 Å². The summed E-state index contributed by atoms with van der Waals surface area (Å²) in [5.41, 5.74) is 4.92. The Labute approximate surface area is 232 Å². The van der Waals surface area contributed by atoms with Crippen molar-refractivity contribution in [2.24, 2.45) is 0 Å². The lowest BCUT2D eigenvalue weighted by molar-refractivity contribution is -0.140. The Hall–Kier alpha value is -4.03. The number of halogens is 1. The molecule has 0 aromatic heterocycles. The van der Waals surface area contributed by atoms with Crippen molar-refractivity contribution < 1.29 is 24.2 Å². The number of esters is 1. The highest BCUT2D eigenvalue weighted by molar-refractivity contribution is 6.30. The van der Waals surface area contributed by atoms with E-state index in [0.29, 0.717) is 52.6 Å². The molecule has 3 aromatic carbocycles. The van der Waals surface area contributed by atoms with E-state index < -0.39 is 11.9 Å². The second-order valence-electron chi connectivity index (χ2n) is 9.79. The van der Waals surface area contributed by atoms with Gasteiger partial charge in [-0.1, -0.05) is 60.1 Å². The van der Waals surface area contributed by atoms with Crippen LogP contribution in [-0.2, 0) is 20.9 Å². The molecule has 1 heterocycles. The molecule has 200 valence electrons. The third kappa shape index (κ3) is 5.57. The van der Waals surface area contributed by atoms with Gasteiger partial charge in [-0.05, 0) is 67.1 Å². The number of carbonyl (C=O) groups excluding carboxylic acids is 2. The van der Waals surface area contributed by atoms with Gasteiger partial charge in [0, 0.05) is 34.3 Å². The third-order valence-corrected chi connectivity index (χ3v) is 7.47. The van der Waals surface area contributed by atoms with Crippen LogP contribution in [0, 0.1) is 0 Å². The van der Waals surface area contributed by atoms with Gasteiger partial charge in [0.2, 0.25) is 0 Å². The molecular weight excluding hydrogens is 514 g/mol. The molecule has 0 radical (unpaired) electrons. The Kier molecular flexibility index (Phi) is 7.75. The van der Waals surface area contributed by atoms with Gasteiger partial charge in [0.25, 0.3) is 0 Å². The summed E-state index contributed by atoms with van der Waals surface area (Å²) in [5, 5.41) is 14.4. The number of Topliss-reactive ketones (excluding diaryl/α,β-unsaturated/α-hetero) is 1. The molecule has 2 N–H and O–H groups in total. The predicted octanol–water partition coefficient (Wildman–Crippen LogP) is 6.55. The third-order valence-electron chi connectivity index (χ3n) is 7.22. The molecule has 2 atom stereocenters. The van der Waals surface area contributed by atoms with Crippen LogP contribution in [0.3, 0.4) is 0 Å². The SMILES string of the molecule is CCOc1cc([C@@H]2C(C(=O)OCc3ccccc3)=C(C)NC3=C2C(=O)C[C@@H](c2ccc(Cl)cc2)C3)ccc1O. The minimum absolute atomic E-state index is 0.00424. The highest BCUT2D eigenvalue weighted by Crippen LogP contribution is 2.47. The van der Waals surface area contributed by atoms with Crippen molar-refractivity contribution in [1.29, 1.82) is 0 Å². The van der Waals surface area contributed by atoms with Gasteiger partial charge in [0.1, 0.15) is 6.61 Å². The van der Waals surface area contributed by atoms with Gasteiger partial charge in [-0.25, -0.2) is 4.79 Å². The molecule has 7 heteroatoms. The molecule has 5 rings (SSSR count). The number of hydrogen-bond acceptors (Lipinski definition) is 6. The van der Waals surface area contributed by atoms with Crippen molar-refractivity contribution in [2.45, 2.75) is 45.1 Å². The zero-order valence-corrected chi connectivity index (χ0v) is 22.6. The average Bonchev–Trinajstić information content (AvgIpc) is 2.93. The summed E-state index contributed by atoms with van der Waals surface area (Å²) in [7, 11) is 0. The van der Waals surface area contributed by atoms with Crippen LogP contribution in [0.4, 0.5) is 0 Å². The molecule has 0 fully saturated rings. The first-order chi connectivity index (χ1) is 18.9. The molecular formula is C32H30ClNO5. The van der Waals surface area contributed by atoms with Crippen molar-refractivity contribution in [2.75, 3.05) is 6.61 Å². The van der Waals surface area contributed by atoms with E-state index >= 15 is 0 Å². The molecule has 0 amide bonds. The number of phenols is 1. The number of carbonyl (C=O) groups is 2. The van der Waals surface area contributed by atoms with E-state index in [1.807, 2.05) is 68.4 Å². The Morgan fingerprint density at radius 2 is 1.74 bits per heavy atom. The maximum atomic E-state index is 13.8. The summed E-state index contributed by atoms with van der Waals surface area (Å²) in [4.78, 5) is 27.4. The Morgan fingerprint density at radius 1 is 1.03 bits per heavy atom. The Balaban J connectivity index is 1.54. The molecule has 39 heavy (non-hydrogen) atoms. The van der Waals surface area contributed by atoms with E-state index in [0.717, 1.165) is 16.8 Å². The van der Waals surface area contributed by atoms with E-state index in [-0.39, 0.29) is 24.1 Å². The van der Waals surface area contributed by atoms with E-state index in [1.54, 1.807) is 12.1 Å². The second kappa shape index (κ2) is 11.4. The van der Waals surface area contributed by atoms with Gasteiger partial charge in [-0.3, -0.25) is 4.79 Å². The van der Waals surface area contributed by atoms with Crippen LogP contribution in [0.5, 0.6) is 11.5 Å². The number of benzene rings is 3. The maximum absolute atomic E-state index is 13.8. The van der Waals surface area contributed by atoms with Gasteiger partial charge in [0.05, 0.1) is 12.2 Å². The Morgan fingerprint density at radius 3 is 2.46 bits per heavy atom. The van der Waals surface area contributed by atoms with Gasteiger partial charge in [-0.15, -0.1) is 0 Å². The molecule has 6 nitrogen and oxygen atoms in total. The van der Waals surface area contributed by atoms with Crippen molar-refractivity contribution >= 4 is 23.4 Å². The number of ketones is 1. The van der Waals surface area contributed by atoms with Crippen molar-refractivity contribution in [1.82, 2.24) is 5.32 Å². The number of nitrogens with one attached hydrogen (secondary N) is 1. The topological polar surface area (TPSA) is 84.9 Å². The number of dihydropyridines is 1. The van der Waals surface area contributed by atoms with E-state index in [9.17, 15) is 14.7 Å². The van der Waals surface area contributed by atoms with Crippen molar-refractivity contribution in [3.05, 3.63) is 117 Å². The molecule has 0 bridgehead atoms. The maximum Gasteiger partial charge on any atom is 0.337 e. The second-order valence-corrected chi connectivity index (χ2v) is 10.2. The molecule has 1 aliphatic carbocycles. The largest absolute Gasteiger partial charge is 0.504 e. The van der Waals surface area contributed by atoms with Gasteiger partial charge in [-0.2, -0.15) is 0 Å². The van der Waals surface area contributed by atoms with Crippen molar-refractivity contribution in [3.63, 3.8) is 0 Å². The molecule has 0 spiro atoms. The first-order valence-electron chi connectivity index (χ1n) is 13.0. The average molecular weight is 544 g/mol. The summed E-state index contributed by atoms with van der Waals surface area (Å²) in [6.45, 7) is 4.13. The quantitative estimate of drug-likeness (QED) is 0.329. The Bertz CT molecular complexity index is 1460. The van der Waals surface area contributed by atoms with Crippen LogP contribution >= 0.6 is 11.6 Å². The lowest BCUT2D eigenvalue weighted by atomic mass is 9.71. The van der Waals surface area contributed by atoms with Crippen LogP contribution in [-0.4, -0.2) is 23.5 Å². The number of phenolic OH excluding ortho intramolecular Hbond substituents is 1. The molecule has 0 unspecified atom stereocenters. The lowest BCUT2D eigenvalue weighted by Gasteiger charge is -2.36. The molecule has 1 aliphatic heterocycles. The highest BCUT2D eigenvalue weighted by Gasteiger charge is 2.41. The van der Waals surface area contributed by atoms with Crippen LogP contribution in [0.15, 0.2) is 95.3 Å². The summed E-state index contributed by atoms with van der Waals surface area (Å²) in [6, 6.07) is 22.0. The molecule has 2 aliphatic rings. The first-order valence-corrected chi connectivity index (χ1v) is 13.4. The van der Waals surface area contributed by atoms with Gasteiger partial charge in [0.15, 0.2) is 17.3 Å². The standard InChI is InChI=1S/C32H30ClNO5/c1-3-38-28-17-22(11-14-26(28)35)30-29(32(37)39-18-20-7-5-4-6-8-20)19(2)34-25-15-23(16-27(36)31(25)30)21-9-12-24(33)13-10-21/h4-14,17,23,30,34-35H,3,15-16,18H2,1-2H3/t23-,30+/m0/s1. The molecule has 0 saturated heterocycles. The predicted molar refractivity (Wildman–Crippen MR) is 150 cm³/mol. The van der Waals surface area contributed by atoms with Crippen LogP contribution < -0.4 is 10.1 Å². The molecule has 3 aromatic rings. The number of ether oxygens (including phenoxy) is 2. The summed E-state index contributed by atoms with van der Waals surface area (Å²) in [5.74, 6) is -0.925. The van der Waals surface area contributed by atoms with Crippen LogP contribution in [0.1, 0.15) is 55.2 Å².